The second-order valence-corrected chi connectivity index (χ2v) is 5.35. The summed E-state index contributed by atoms with van der Waals surface area (Å²) in [5.41, 5.74) is 2.38. The Labute approximate surface area is 112 Å². The van der Waals surface area contributed by atoms with Crippen LogP contribution in [0.1, 0.15) is 32.0 Å². The number of aryl methyl sites for hydroxylation is 1. The third kappa shape index (κ3) is 1.91. The van der Waals surface area contributed by atoms with E-state index < -0.39 is 0 Å². The van der Waals surface area contributed by atoms with Gasteiger partial charge in [0.1, 0.15) is 5.82 Å². The van der Waals surface area contributed by atoms with E-state index in [0.29, 0.717) is 17.6 Å². The van der Waals surface area contributed by atoms with Crippen molar-refractivity contribution in [2.45, 2.75) is 39.3 Å². The minimum atomic E-state index is -0.195. The van der Waals surface area contributed by atoms with E-state index in [4.69, 9.17) is 0 Å². The molecule has 0 saturated heterocycles. The van der Waals surface area contributed by atoms with Crippen LogP contribution in [0.3, 0.4) is 0 Å². The quantitative estimate of drug-likeness (QED) is 0.845. The molecule has 0 aliphatic carbocycles. The van der Waals surface area contributed by atoms with Crippen molar-refractivity contribution in [3.8, 4) is 11.3 Å². The van der Waals surface area contributed by atoms with Gasteiger partial charge < -0.3 is 9.88 Å². The van der Waals surface area contributed by atoms with E-state index in [-0.39, 0.29) is 5.82 Å². The van der Waals surface area contributed by atoms with Crippen molar-refractivity contribution in [2.24, 2.45) is 0 Å². The van der Waals surface area contributed by atoms with Gasteiger partial charge in [0.15, 0.2) is 0 Å². The molecular formula is C15H18FN3. The predicted octanol–water partition coefficient (Wildman–Crippen LogP) is 3.76. The third-order valence-electron chi connectivity index (χ3n) is 3.73. The van der Waals surface area contributed by atoms with E-state index in [9.17, 15) is 4.39 Å². The van der Waals surface area contributed by atoms with Crippen molar-refractivity contribution < 1.29 is 4.39 Å². The largest absolute Gasteiger partial charge is 0.353 e. The van der Waals surface area contributed by atoms with E-state index in [1.807, 2.05) is 19.1 Å². The van der Waals surface area contributed by atoms with Gasteiger partial charge in [-0.2, -0.15) is 0 Å². The fraction of sp³-hybridized carbons (Fsp3) is 0.400. The molecule has 0 bridgehead atoms. The van der Waals surface area contributed by atoms with Gasteiger partial charge in [0.25, 0.3) is 0 Å². The second-order valence-electron chi connectivity index (χ2n) is 5.35. The Bertz CT molecular complexity index is 618. The summed E-state index contributed by atoms with van der Waals surface area (Å²) in [6, 6.07) is 7.61. The number of hydrogen-bond acceptors (Lipinski definition) is 2. The summed E-state index contributed by atoms with van der Waals surface area (Å²) in [5.74, 6) is 0.654. The lowest BCUT2D eigenvalue weighted by Crippen LogP contribution is -2.28. The van der Waals surface area contributed by atoms with Gasteiger partial charge in [-0.3, -0.25) is 0 Å². The number of nitrogens with one attached hydrogen (secondary N) is 1. The molecule has 0 fully saturated rings. The number of benzene rings is 1. The predicted molar refractivity (Wildman–Crippen MR) is 74.8 cm³/mol. The lowest BCUT2D eigenvalue weighted by atomic mass is 10.1. The summed E-state index contributed by atoms with van der Waals surface area (Å²) in [5, 5.41) is 3.37. The summed E-state index contributed by atoms with van der Waals surface area (Å²) < 4.78 is 16.2. The molecule has 1 aliphatic rings. The maximum atomic E-state index is 14.0. The van der Waals surface area contributed by atoms with Crippen molar-refractivity contribution in [3.63, 3.8) is 0 Å². The van der Waals surface area contributed by atoms with Gasteiger partial charge in [0, 0.05) is 17.6 Å². The van der Waals surface area contributed by atoms with Crippen molar-refractivity contribution in [3.05, 3.63) is 35.8 Å². The van der Waals surface area contributed by atoms with Crippen molar-refractivity contribution in [1.82, 2.24) is 9.55 Å². The Kier molecular flexibility index (Phi) is 2.81. The van der Waals surface area contributed by atoms with E-state index in [2.05, 4.69) is 28.7 Å². The van der Waals surface area contributed by atoms with Crippen LogP contribution in [0, 0.1) is 12.7 Å². The molecule has 2 heterocycles. The number of halogens is 1. The molecule has 1 aromatic heterocycles. The highest BCUT2D eigenvalue weighted by Gasteiger charge is 2.27. The van der Waals surface area contributed by atoms with Gasteiger partial charge in [0.05, 0.1) is 11.4 Å². The van der Waals surface area contributed by atoms with Gasteiger partial charge in [0.2, 0.25) is 5.95 Å². The van der Waals surface area contributed by atoms with E-state index >= 15 is 0 Å². The summed E-state index contributed by atoms with van der Waals surface area (Å²) in [6.45, 7) is 6.24. The number of hydrogen-bond donors (Lipinski definition) is 1. The molecule has 1 aromatic carbocycles. The highest BCUT2D eigenvalue weighted by Crippen LogP contribution is 2.36. The first-order valence-corrected chi connectivity index (χ1v) is 6.68. The Morgan fingerprint density at radius 2 is 2.05 bits per heavy atom. The molecule has 0 spiro atoms. The lowest BCUT2D eigenvalue weighted by Gasteiger charge is -2.29. The average molecular weight is 259 g/mol. The molecule has 1 aliphatic heterocycles. The molecule has 19 heavy (non-hydrogen) atoms. The SMILES string of the molecule is Cc1nc2n(c1-c1ccccc1F)C(C)CC(C)N2. The molecule has 0 amide bonds. The molecule has 1 N–H and O–H groups in total. The number of anilines is 1. The van der Waals surface area contributed by atoms with Gasteiger partial charge in [-0.05, 0) is 39.3 Å². The van der Waals surface area contributed by atoms with Crippen LogP contribution >= 0.6 is 0 Å². The molecule has 2 aromatic rings. The zero-order chi connectivity index (χ0) is 13.6. The normalized spacial score (nSPS) is 21.9. The standard InChI is InChI=1S/C15H18FN3/c1-9-8-10(2)19-14(11(3)18-15(19)17-9)12-6-4-5-7-13(12)16/h4-7,9-10H,8H2,1-3H3,(H,17,18). The minimum Gasteiger partial charge on any atom is -0.353 e. The zero-order valence-corrected chi connectivity index (χ0v) is 11.4. The summed E-state index contributed by atoms with van der Waals surface area (Å²) in [4.78, 5) is 4.55. The Hall–Kier alpha value is -1.84. The van der Waals surface area contributed by atoms with Crippen LogP contribution in [0.2, 0.25) is 0 Å². The van der Waals surface area contributed by atoms with Crippen molar-refractivity contribution in [2.75, 3.05) is 5.32 Å². The second kappa shape index (κ2) is 4.37. The van der Waals surface area contributed by atoms with Crippen LogP contribution in [0.15, 0.2) is 24.3 Å². The molecule has 3 rings (SSSR count). The van der Waals surface area contributed by atoms with Crippen LogP contribution < -0.4 is 5.32 Å². The van der Waals surface area contributed by atoms with Crippen LogP contribution in [0.25, 0.3) is 11.3 Å². The third-order valence-corrected chi connectivity index (χ3v) is 3.73. The zero-order valence-electron chi connectivity index (χ0n) is 11.4. The van der Waals surface area contributed by atoms with Gasteiger partial charge in [-0.1, -0.05) is 12.1 Å². The monoisotopic (exact) mass is 259 g/mol. The maximum absolute atomic E-state index is 14.0. The summed E-state index contributed by atoms with van der Waals surface area (Å²) in [6.07, 6.45) is 1.02. The Morgan fingerprint density at radius 3 is 2.79 bits per heavy atom. The number of aromatic nitrogens is 2. The van der Waals surface area contributed by atoms with Gasteiger partial charge in [-0.25, -0.2) is 9.37 Å². The Balaban J connectivity index is 2.21. The lowest BCUT2D eigenvalue weighted by molar-refractivity contribution is 0.451. The van der Waals surface area contributed by atoms with Crippen LogP contribution in [0.5, 0.6) is 0 Å². The molecular weight excluding hydrogens is 241 g/mol. The highest BCUT2D eigenvalue weighted by atomic mass is 19.1. The number of nitrogens with zero attached hydrogens (tertiary/aromatic N) is 2. The molecule has 100 valence electrons. The molecule has 2 atom stereocenters. The number of fused-ring (bicyclic) bond motifs is 1. The minimum absolute atomic E-state index is 0.195. The number of rotatable bonds is 1. The van der Waals surface area contributed by atoms with Gasteiger partial charge in [-0.15, -0.1) is 0 Å². The molecule has 0 saturated carbocycles. The molecule has 2 unspecified atom stereocenters. The summed E-state index contributed by atoms with van der Waals surface area (Å²) >= 11 is 0. The van der Waals surface area contributed by atoms with E-state index in [0.717, 1.165) is 23.8 Å². The fourth-order valence-corrected chi connectivity index (χ4v) is 2.95. The first-order valence-electron chi connectivity index (χ1n) is 6.68. The van der Waals surface area contributed by atoms with Crippen LogP contribution in [-0.2, 0) is 0 Å². The van der Waals surface area contributed by atoms with Crippen LogP contribution in [0.4, 0.5) is 10.3 Å². The van der Waals surface area contributed by atoms with Crippen molar-refractivity contribution >= 4 is 5.95 Å². The Morgan fingerprint density at radius 1 is 1.32 bits per heavy atom. The summed E-state index contributed by atoms with van der Waals surface area (Å²) in [7, 11) is 0. The maximum Gasteiger partial charge on any atom is 0.204 e. The average Bonchev–Trinajstić information content (AvgIpc) is 2.66. The number of imidazole rings is 1. The van der Waals surface area contributed by atoms with Crippen LogP contribution in [-0.4, -0.2) is 15.6 Å². The highest BCUT2D eigenvalue weighted by molar-refractivity contribution is 5.66. The van der Waals surface area contributed by atoms with E-state index in [1.165, 1.54) is 6.07 Å². The first-order chi connectivity index (χ1) is 9.08. The van der Waals surface area contributed by atoms with E-state index in [1.54, 1.807) is 6.07 Å². The molecule has 4 heteroatoms. The topological polar surface area (TPSA) is 29.9 Å². The molecule has 0 radical (unpaired) electrons. The first kappa shape index (κ1) is 12.2. The van der Waals surface area contributed by atoms with Gasteiger partial charge >= 0.3 is 0 Å². The molecule has 3 nitrogen and oxygen atoms in total. The fourth-order valence-electron chi connectivity index (χ4n) is 2.95. The van der Waals surface area contributed by atoms with Crippen molar-refractivity contribution in [1.29, 1.82) is 0 Å². The smallest absolute Gasteiger partial charge is 0.204 e.